The summed E-state index contributed by atoms with van der Waals surface area (Å²) >= 11 is 3.18. The Balaban J connectivity index is 1.85. The molecule has 1 amide bonds. The zero-order chi connectivity index (χ0) is 12.1. The van der Waals surface area contributed by atoms with E-state index in [9.17, 15) is 9.90 Å². The number of thioether (sulfide) groups is 1. The highest BCUT2D eigenvalue weighted by Crippen LogP contribution is 2.24. The summed E-state index contributed by atoms with van der Waals surface area (Å²) in [5.74, 6) is 0.502. The van der Waals surface area contributed by atoms with Crippen LogP contribution in [0.4, 0.5) is 0 Å². The fraction of sp³-hybridized carbons (Fsp3) is 0.545. The quantitative estimate of drug-likeness (QED) is 0.834. The van der Waals surface area contributed by atoms with Crippen molar-refractivity contribution in [3.63, 3.8) is 0 Å². The van der Waals surface area contributed by atoms with Crippen molar-refractivity contribution in [2.75, 3.05) is 32.1 Å². The number of nitrogens with zero attached hydrogens (tertiary/aromatic N) is 1. The average molecular weight is 273 g/mol. The molecule has 6 heteroatoms. The Bertz CT molecular complexity index is 356. The highest BCUT2D eigenvalue weighted by Gasteiger charge is 2.26. The third-order valence-corrected chi connectivity index (χ3v) is 4.71. The van der Waals surface area contributed by atoms with Crippen LogP contribution in [0.1, 0.15) is 0 Å². The second-order valence-electron chi connectivity index (χ2n) is 3.72. The molecule has 0 aromatic carbocycles. The molecular weight excluding hydrogens is 258 g/mol. The molecule has 1 unspecified atom stereocenters. The number of morpholine rings is 1. The van der Waals surface area contributed by atoms with E-state index in [-0.39, 0.29) is 18.6 Å². The number of aliphatic hydroxyl groups excluding tert-OH is 1. The molecule has 1 N–H and O–H groups in total. The zero-order valence-electron chi connectivity index (χ0n) is 9.37. The van der Waals surface area contributed by atoms with Gasteiger partial charge in [0, 0.05) is 6.54 Å². The molecule has 1 fully saturated rings. The first-order chi connectivity index (χ1) is 8.31. The van der Waals surface area contributed by atoms with Gasteiger partial charge in [0.05, 0.1) is 35.8 Å². The Kier molecular flexibility index (Phi) is 4.85. The molecule has 1 atom stereocenters. The van der Waals surface area contributed by atoms with Crippen LogP contribution in [0.3, 0.4) is 0 Å². The lowest BCUT2D eigenvalue weighted by Gasteiger charge is -2.34. The molecule has 1 aliphatic heterocycles. The van der Waals surface area contributed by atoms with Gasteiger partial charge in [0.1, 0.15) is 0 Å². The Labute approximate surface area is 109 Å². The predicted molar refractivity (Wildman–Crippen MR) is 68.4 cm³/mol. The van der Waals surface area contributed by atoms with Gasteiger partial charge in [0.2, 0.25) is 5.91 Å². The molecule has 2 rings (SSSR count). The highest BCUT2D eigenvalue weighted by molar-refractivity contribution is 8.01. The van der Waals surface area contributed by atoms with E-state index in [1.165, 1.54) is 0 Å². The third kappa shape index (κ3) is 3.45. The number of ether oxygens (including phenoxy) is 1. The molecular formula is C11H15NO3S2. The van der Waals surface area contributed by atoms with Gasteiger partial charge in [-0.2, -0.15) is 0 Å². The van der Waals surface area contributed by atoms with E-state index in [1.807, 2.05) is 17.5 Å². The summed E-state index contributed by atoms with van der Waals surface area (Å²) in [6.07, 6.45) is 0. The summed E-state index contributed by atoms with van der Waals surface area (Å²) < 4.78 is 6.39. The largest absolute Gasteiger partial charge is 0.394 e. The minimum Gasteiger partial charge on any atom is -0.394 e. The number of hydrogen-bond donors (Lipinski definition) is 1. The zero-order valence-corrected chi connectivity index (χ0v) is 11.0. The molecule has 0 bridgehead atoms. The van der Waals surface area contributed by atoms with Gasteiger partial charge >= 0.3 is 0 Å². The van der Waals surface area contributed by atoms with Crippen LogP contribution in [-0.2, 0) is 9.53 Å². The number of carbonyl (C=O) groups is 1. The first-order valence-electron chi connectivity index (χ1n) is 5.45. The molecule has 0 saturated carbocycles. The van der Waals surface area contributed by atoms with Crippen LogP contribution in [0.2, 0.25) is 0 Å². The van der Waals surface area contributed by atoms with Crippen LogP contribution in [0.5, 0.6) is 0 Å². The van der Waals surface area contributed by atoms with Crippen molar-refractivity contribution in [2.45, 2.75) is 10.3 Å². The molecule has 0 radical (unpaired) electrons. The first-order valence-corrected chi connectivity index (χ1v) is 7.32. The van der Waals surface area contributed by atoms with Crippen molar-refractivity contribution in [1.29, 1.82) is 0 Å². The predicted octanol–water partition coefficient (Wildman–Crippen LogP) is 1.06. The summed E-state index contributed by atoms with van der Waals surface area (Å²) in [6, 6.07) is 3.80. The molecule has 1 aromatic rings. The smallest absolute Gasteiger partial charge is 0.233 e. The Morgan fingerprint density at radius 1 is 1.71 bits per heavy atom. The van der Waals surface area contributed by atoms with E-state index in [4.69, 9.17) is 4.74 Å². The lowest BCUT2D eigenvalue weighted by molar-refractivity contribution is -0.138. The number of hydrogen-bond acceptors (Lipinski definition) is 5. The number of thiophene rings is 1. The van der Waals surface area contributed by atoms with Gasteiger partial charge < -0.3 is 14.7 Å². The molecule has 1 aliphatic rings. The Morgan fingerprint density at radius 2 is 2.59 bits per heavy atom. The minimum absolute atomic E-state index is 0.0323. The lowest BCUT2D eigenvalue weighted by atomic mass is 10.2. The maximum Gasteiger partial charge on any atom is 0.233 e. The van der Waals surface area contributed by atoms with Gasteiger partial charge in [-0.1, -0.05) is 6.07 Å². The normalized spacial score (nSPS) is 20.5. The van der Waals surface area contributed by atoms with Crippen LogP contribution in [-0.4, -0.2) is 54.1 Å². The molecule has 0 spiro atoms. The standard InChI is InChI=1S/C11H15NO3S2/c13-6-9-7-15-4-3-12(9)10(14)8-17-11-2-1-5-16-11/h1-2,5,9,13H,3-4,6-8H2. The number of aliphatic hydroxyl groups is 1. The van der Waals surface area contributed by atoms with Gasteiger partial charge in [-0.25, -0.2) is 0 Å². The van der Waals surface area contributed by atoms with Gasteiger partial charge in [0.25, 0.3) is 0 Å². The van der Waals surface area contributed by atoms with Gasteiger partial charge in [-0.3, -0.25) is 4.79 Å². The van der Waals surface area contributed by atoms with E-state index in [0.29, 0.717) is 25.5 Å². The van der Waals surface area contributed by atoms with Gasteiger partial charge in [-0.15, -0.1) is 23.1 Å². The minimum atomic E-state index is -0.180. The van der Waals surface area contributed by atoms with E-state index >= 15 is 0 Å². The van der Waals surface area contributed by atoms with E-state index in [1.54, 1.807) is 28.0 Å². The van der Waals surface area contributed by atoms with Crippen LogP contribution >= 0.6 is 23.1 Å². The topological polar surface area (TPSA) is 49.8 Å². The van der Waals surface area contributed by atoms with Crippen LogP contribution in [0.25, 0.3) is 0 Å². The van der Waals surface area contributed by atoms with Crippen LogP contribution < -0.4 is 0 Å². The molecule has 0 aliphatic carbocycles. The summed E-state index contributed by atoms with van der Waals surface area (Å²) in [6.45, 7) is 1.54. The Hall–Kier alpha value is -0.560. The second-order valence-corrected chi connectivity index (χ2v) is 5.94. The fourth-order valence-electron chi connectivity index (χ4n) is 1.70. The third-order valence-electron chi connectivity index (χ3n) is 2.59. The Morgan fingerprint density at radius 3 is 3.29 bits per heavy atom. The van der Waals surface area contributed by atoms with Crippen molar-refractivity contribution >= 4 is 29.0 Å². The van der Waals surface area contributed by atoms with E-state index in [0.717, 1.165) is 4.21 Å². The van der Waals surface area contributed by atoms with Gasteiger partial charge in [-0.05, 0) is 11.4 Å². The monoisotopic (exact) mass is 273 g/mol. The number of amides is 1. The lowest BCUT2D eigenvalue weighted by Crippen LogP contribution is -2.51. The maximum atomic E-state index is 12.0. The van der Waals surface area contributed by atoms with E-state index < -0.39 is 0 Å². The van der Waals surface area contributed by atoms with Crippen molar-refractivity contribution in [2.24, 2.45) is 0 Å². The molecule has 1 saturated heterocycles. The van der Waals surface area contributed by atoms with Crippen molar-refractivity contribution in [3.8, 4) is 0 Å². The molecule has 94 valence electrons. The molecule has 1 aromatic heterocycles. The van der Waals surface area contributed by atoms with Crippen molar-refractivity contribution in [1.82, 2.24) is 4.90 Å². The van der Waals surface area contributed by atoms with Crippen molar-refractivity contribution < 1.29 is 14.6 Å². The summed E-state index contributed by atoms with van der Waals surface area (Å²) in [7, 11) is 0. The molecule has 4 nitrogen and oxygen atoms in total. The molecule has 2 heterocycles. The van der Waals surface area contributed by atoms with Gasteiger partial charge in [0.15, 0.2) is 0 Å². The maximum absolute atomic E-state index is 12.0. The van der Waals surface area contributed by atoms with Crippen LogP contribution in [0, 0.1) is 0 Å². The first kappa shape index (κ1) is 12.9. The summed E-state index contributed by atoms with van der Waals surface area (Å²) in [4.78, 5) is 13.7. The second kappa shape index (κ2) is 6.39. The highest BCUT2D eigenvalue weighted by atomic mass is 32.2. The number of carbonyl (C=O) groups excluding carboxylic acids is 1. The van der Waals surface area contributed by atoms with E-state index in [2.05, 4.69) is 0 Å². The fourth-order valence-corrected chi connectivity index (χ4v) is 3.37. The van der Waals surface area contributed by atoms with Crippen LogP contribution in [0.15, 0.2) is 21.7 Å². The number of rotatable bonds is 4. The SMILES string of the molecule is O=C(CSc1cccs1)N1CCOCC1CO. The molecule has 17 heavy (non-hydrogen) atoms. The van der Waals surface area contributed by atoms with Crippen molar-refractivity contribution in [3.05, 3.63) is 17.5 Å². The summed E-state index contributed by atoms with van der Waals surface area (Å²) in [5, 5.41) is 11.2. The summed E-state index contributed by atoms with van der Waals surface area (Å²) in [5.41, 5.74) is 0. The average Bonchev–Trinajstić information content (AvgIpc) is 2.89.